The van der Waals surface area contributed by atoms with Crippen LogP contribution in [0.2, 0.25) is 0 Å². The van der Waals surface area contributed by atoms with Gasteiger partial charge in [0.05, 0.1) is 11.1 Å². The zero-order chi connectivity index (χ0) is 14.5. The van der Waals surface area contributed by atoms with Gasteiger partial charge in [-0.25, -0.2) is 0 Å². The number of hydrogen-bond donors (Lipinski definition) is 1. The zero-order valence-corrected chi connectivity index (χ0v) is 10.0. The largest absolute Gasteiger partial charge is 0.406 e. The van der Waals surface area contributed by atoms with E-state index in [1.54, 1.807) is 0 Å². The Morgan fingerprint density at radius 1 is 1.53 bits per heavy atom. The first-order chi connectivity index (χ1) is 8.85. The van der Waals surface area contributed by atoms with Crippen molar-refractivity contribution in [2.75, 3.05) is 20.2 Å². The van der Waals surface area contributed by atoms with Crippen LogP contribution < -0.4 is 0 Å². The smallest absolute Gasteiger partial charge is 0.384 e. The fourth-order valence-corrected chi connectivity index (χ4v) is 1.36. The van der Waals surface area contributed by atoms with E-state index in [0.29, 0.717) is 4.90 Å². The number of aliphatic hydroxyl groups excluding tert-OH is 1. The van der Waals surface area contributed by atoms with Crippen LogP contribution >= 0.6 is 0 Å². The Hall–Kier alpha value is -2.07. The van der Waals surface area contributed by atoms with E-state index >= 15 is 0 Å². The molecule has 0 radical (unpaired) electrons. The number of carbonyl (C=O) groups is 1. The molecule has 7 heteroatoms. The number of pyridine rings is 1. The van der Waals surface area contributed by atoms with E-state index in [-0.39, 0.29) is 11.1 Å². The van der Waals surface area contributed by atoms with E-state index in [9.17, 15) is 18.0 Å². The lowest BCUT2D eigenvalue weighted by atomic mass is 10.1. The summed E-state index contributed by atoms with van der Waals surface area (Å²) >= 11 is 0. The molecule has 0 aliphatic rings. The number of rotatable bonds is 2. The number of halogens is 3. The van der Waals surface area contributed by atoms with Crippen LogP contribution in [0.5, 0.6) is 0 Å². The molecule has 1 aromatic heterocycles. The summed E-state index contributed by atoms with van der Waals surface area (Å²) in [4.78, 5) is 16.2. The van der Waals surface area contributed by atoms with Crippen molar-refractivity contribution < 1.29 is 23.1 Å². The van der Waals surface area contributed by atoms with Crippen LogP contribution in [0.15, 0.2) is 18.5 Å². The summed E-state index contributed by atoms with van der Waals surface area (Å²) in [7, 11) is 1.06. The molecule has 0 atom stereocenters. The van der Waals surface area contributed by atoms with Gasteiger partial charge >= 0.3 is 6.18 Å². The summed E-state index contributed by atoms with van der Waals surface area (Å²) in [5.41, 5.74) is 0.193. The minimum Gasteiger partial charge on any atom is -0.384 e. The number of hydrogen-bond acceptors (Lipinski definition) is 3. The Morgan fingerprint density at radius 2 is 2.21 bits per heavy atom. The van der Waals surface area contributed by atoms with Crippen molar-refractivity contribution in [2.45, 2.75) is 6.18 Å². The second kappa shape index (κ2) is 6.20. The maximum atomic E-state index is 12.2. The van der Waals surface area contributed by atoms with Crippen molar-refractivity contribution >= 4 is 5.91 Å². The average Bonchev–Trinajstić information content (AvgIpc) is 2.33. The third kappa shape index (κ3) is 4.60. The second-order valence-corrected chi connectivity index (χ2v) is 3.66. The van der Waals surface area contributed by atoms with Crippen LogP contribution in [0.1, 0.15) is 15.9 Å². The molecule has 0 fully saturated rings. The highest BCUT2D eigenvalue weighted by atomic mass is 19.4. The molecule has 4 nitrogen and oxygen atoms in total. The molecule has 0 bridgehead atoms. The third-order valence-corrected chi connectivity index (χ3v) is 2.12. The molecule has 0 unspecified atom stereocenters. The predicted molar refractivity (Wildman–Crippen MR) is 61.2 cm³/mol. The number of nitrogens with zero attached hydrogens (tertiary/aromatic N) is 2. The van der Waals surface area contributed by atoms with Crippen molar-refractivity contribution in [2.24, 2.45) is 0 Å². The lowest BCUT2D eigenvalue weighted by molar-refractivity contribution is -0.138. The predicted octanol–water partition coefficient (Wildman–Crippen LogP) is 1.06. The van der Waals surface area contributed by atoms with E-state index in [4.69, 9.17) is 5.11 Å². The number of aliphatic hydroxyl groups is 1. The molecule has 0 saturated carbocycles. The molecule has 0 aromatic carbocycles. The molecule has 0 saturated heterocycles. The fraction of sp³-hybridized carbons (Fsp3) is 0.333. The molecule has 0 aliphatic carbocycles. The SMILES string of the molecule is CN(CC(F)(F)F)C(=O)c1ccncc1C#CCO. The van der Waals surface area contributed by atoms with Crippen LogP contribution in [0.4, 0.5) is 13.2 Å². The molecule has 0 aliphatic heterocycles. The molecular weight excluding hydrogens is 261 g/mol. The highest BCUT2D eigenvalue weighted by molar-refractivity contribution is 5.96. The molecule has 19 heavy (non-hydrogen) atoms. The maximum absolute atomic E-state index is 12.2. The van der Waals surface area contributed by atoms with Gasteiger partial charge in [-0.05, 0) is 6.07 Å². The van der Waals surface area contributed by atoms with Gasteiger partial charge in [0.1, 0.15) is 13.2 Å². The molecule has 1 aromatic rings. The third-order valence-electron chi connectivity index (χ3n) is 2.12. The Bertz CT molecular complexity index is 518. The second-order valence-electron chi connectivity index (χ2n) is 3.66. The normalized spacial score (nSPS) is 10.6. The lowest BCUT2D eigenvalue weighted by Gasteiger charge is -2.19. The summed E-state index contributed by atoms with van der Waals surface area (Å²) in [6, 6.07) is 1.29. The fourth-order valence-electron chi connectivity index (χ4n) is 1.36. The summed E-state index contributed by atoms with van der Waals surface area (Å²) in [5.74, 6) is 3.99. The Kier molecular flexibility index (Phi) is 4.89. The molecule has 0 spiro atoms. The van der Waals surface area contributed by atoms with E-state index in [0.717, 1.165) is 7.05 Å². The van der Waals surface area contributed by atoms with Gasteiger partial charge in [-0.1, -0.05) is 11.8 Å². The number of aromatic nitrogens is 1. The van der Waals surface area contributed by atoms with Gasteiger partial charge < -0.3 is 10.0 Å². The molecule has 1 heterocycles. The summed E-state index contributed by atoms with van der Waals surface area (Å²) < 4.78 is 36.7. The first kappa shape index (κ1) is 15.0. The topological polar surface area (TPSA) is 53.4 Å². The van der Waals surface area contributed by atoms with Crippen LogP contribution in [-0.4, -0.2) is 47.3 Å². The Balaban J connectivity index is 2.99. The van der Waals surface area contributed by atoms with Gasteiger partial charge in [0, 0.05) is 19.4 Å². The first-order valence-electron chi connectivity index (χ1n) is 5.21. The quantitative estimate of drug-likeness (QED) is 0.819. The van der Waals surface area contributed by atoms with Crippen molar-refractivity contribution in [3.63, 3.8) is 0 Å². The standard InChI is InChI=1S/C12H11F3N2O2/c1-17(8-12(13,14)15)11(19)10-4-5-16-7-9(10)3-2-6-18/h4-5,7,18H,6,8H2,1H3. The zero-order valence-electron chi connectivity index (χ0n) is 10.0. The minimum absolute atomic E-state index is 0.0164. The van der Waals surface area contributed by atoms with E-state index in [2.05, 4.69) is 16.8 Å². The van der Waals surface area contributed by atoms with Crippen LogP contribution in [0.25, 0.3) is 0 Å². The van der Waals surface area contributed by atoms with Crippen molar-refractivity contribution in [1.82, 2.24) is 9.88 Å². The average molecular weight is 272 g/mol. The van der Waals surface area contributed by atoms with Gasteiger partial charge in [0.15, 0.2) is 0 Å². The van der Waals surface area contributed by atoms with Gasteiger partial charge in [-0.2, -0.15) is 13.2 Å². The van der Waals surface area contributed by atoms with Crippen molar-refractivity contribution in [3.05, 3.63) is 29.6 Å². The molecule has 102 valence electrons. The summed E-state index contributed by atoms with van der Waals surface area (Å²) in [5, 5.41) is 8.58. The Labute approximate surface area is 107 Å². The van der Waals surface area contributed by atoms with Gasteiger partial charge in [-0.15, -0.1) is 0 Å². The monoisotopic (exact) mass is 272 g/mol. The summed E-state index contributed by atoms with van der Waals surface area (Å²) in [6.45, 7) is -1.76. The molecule has 1 amide bonds. The van der Waals surface area contributed by atoms with Gasteiger partial charge in [0.2, 0.25) is 0 Å². The molecular formula is C12H11F3N2O2. The van der Waals surface area contributed by atoms with E-state index in [1.807, 2.05) is 0 Å². The Morgan fingerprint density at radius 3 is 2.79 bits per heavy atom. The first-order valence-corrected chi connectivity index (χ1v) is 5.21. The highest BCUT2D eigenvalue weighted by Gasteiger charge is 2.31. The van der Waals surface area contributed by atoms with Crippen LogP contribution in [-0.2, 0) is 0 Å². The molecule has 1 N–H and O–H groups in total. The minimum atomic E-state index is -4.46. The van der Waals surface area contributed by atoms with E-state index < -0.39 is 25.2 Å². The number of carbonyl (C=O) groups excluding carboxylic acids is 1. The highest BCUT2D eigenvalue weighted by Crippen LogP contribution is 2.17. The van der Waals surface area contributed by atoms with Crippen LogP contribution in [0.3, 0.4) is 0 Å². The van der Waals surface area contributed by atoms with E-state index in [1.165, 1.54) is 18.5 Å². The van der Waals surface area contributed by atoms with Gasteiger partial charge in [-0.3, -0.25) is 9.78 Å². The lowest BCUT2D eigenvalue weighted by Crippen LogP contribution is -2.36. The summed E-state index contributed by atoms with van der Waals surface area (Å²) in [6.07, 6.45) is -1.91. The van der Waals surface area contributed by atoms with Crippen LogP contribution in [0, 0.1) is 11.8 Å². The maximum Gasteiger partial charge on any atom is 0.406 e. The number of alkyl halides is 3. The van der Waals surface area contributed by atoms with Gasteiger partial charge in [0.25, 0.3) is 5.91 Å². The number of amides is 1. The molecule has 1 rings (SSSR count). The van der Waals surface area contributed by atoms with Crippen molar-refractivity contribution in [3.8, 4) is 11.8 Å². The van der Waals surface area contributed by atoms with Crippen molar-refractivity contribution in [1.29, 1.82) is 0 Å².